The van der Waals surface area contributed by atoms with Crippen molar-refractivity contribution in [3.05, 3.63) is 47.5 Å². The predicted octanol–water partition coefficient (Wildman–Crippen LogP) is 3.00. The van der Waals surface area contributed by atoms with Crippen LogP contribution in [-0.4, -0.2) is 24.8 Å². The molecule has 2 nitrogen and oxygen atoms in total. The average Bonchev–Trinajstić information content (AvgIpc) is 2.27. The van der Waals surface area contributed by atoms with Crippen LogP contribution in [0.25, 0.3) is 10.8 Å². The fourth-order valence-corrected chi connectivity index (χ4v) is 1.75. The van der Waals surface area contributed by atoms with Crippen molar-refractivity contribution >= 4 is 16.6 Å². The maximum absolute atomic E-state index is 13.6. The number of fused-ring (bicyclic) bond motifs is 1. The third-order valence-corrected chi connectivity index (χ3v) is 2.61. The first-order chi connectivity index (χ1) is 8.00. The van der Waals surface area contributed by atoms with Gasteiger partial charge in [0.05, 0.1) is 0 Å². The molecule has 0 fully saturated rings. The Morgan fingerprint density at radius 2 is 1.82 bits per heavy atom. The van der Waals surface area contributed by atoms with Crippen molar-refractivity contribution in [1.29, 1.82) is 5.41 Å². The van der Waals surface area contributed by atoms with Gasteiger partial charge in [-0.25, -0.2) is 8.78 Å². The molecule has 1 N–H and O–H groups in total. The van der Waals surface area contributed by atoms with Gasteiger partial charge in [-0.2, -0.15) is 0 Å². The van der Waals surface area contributed by atoms with Crippen molar-refractivity contribution in [2.45, 2.75) is 0 Å². The van der Waals surface area contributed by atoms with E-state index in [1.807, 2.05) is 0 Å². The van der Waals surface area contributed by atoms with Crippen LogP contribution in [0.5, 0.6) is 0 Å². The minimum atomic E-state index is -0.631. The zero-order valence-corrected chi connectivity index (χ0v) is 9.59. The maximum Gasteiger partial charge on any atom is 0.133 e. The molecule has 0 atom stereocenters. The largest absolute Gasteiger partial charge is 0.363 e. The maximum atomic E-state index is 13.6. The molecule has 0 aliphatic carbocycles. The lowest BCUT2D eigenvalue weighted by molar-refractivity contribution is 0.591. The van der Waals surface area contributed by atoms with E-state index in [-0.39, 0.29) is 5.84 Å². The number of amidine groups is 1. The first-order valence-electron chi connectivity index (χ1n) is 5.14. The molecule has 88 valence electrons. The Morgan fingerprint density at radius 1 is 1.12 bits per heavy atom. The van der Waals surface area contributed by atoms with Crippen LogP contribution in [0.4, 0.5) is 8.78 Å². The van der Waals surface area contributed by atoms with Crippen molar-refractivity contribution in [1.82, 2.24) is 4.90 Å². The van der Waals surface area contributed by atoms with E-state index < -0.39 is 11.6 Å². The van der Waals surface area contributed by atoms with Crippen LogP contribution in [0.2, 0.25) is 0 Å². The summed E-state index contributed by atoms with van der Waals surface area (Å²) in [5.74, 6) is -1.01. The van der Waals surface area contributed by atoms with Gasteiger partial charge in [0, 0.05) is 31.1 Å². The van der Waals surface area contributed by atoms with Crippen molar-refractivity contribution in [3.63, 3.8) is 0 Å². The Morgan fingerprint density at radius 3 is 2.47 bits per heavy atom. The molecule has 0 heterocycles. The van der Waals surface area contributed by atoms with Gasteiger partial charge in [0.2, 0.25) is 0 Å². The molecule has 0 radical (unpaired) electrons. The second kappa shape index (κ2) is 4.13. The van der Waals surface area contributed by atoms with Crippen LogP contribution in [-0.2, 0) is 0 Å². The Bertz CT molecular complexity index is 591. The summed E-state index contributed by atoms with van der Waals surface area (Å²) >= 11 is 0. The van der Waals surface area contributed by atoms with Crippen LogP contribution < -0.4 is 0 Å². The van der Waals surface area contributed by atoms with Crippen LogP contribution in [0.1, 0.15) is 5.56 Å². The van der Waals surface area contributed by atoms with E-state index in [0.717, 1.165) is 6.07 Å². The molecule has 0 saturated heterocycles. The Kier molecular flexibility index (Phi) is 2.79. The zero-order chi connectivity index (χ0) is 12.6. The predicted molar refractivity (Wildman–Crippen MR) is 64.4 cm³/mol. The molecule has 0 amide bonds. The fraction of sp³-hybridized carbons (Fsp3) is 0.154. The fourth-order valence-electron chi connectivity index (χ4n) is 1.75. The summed E-state index contributed by atoms with van der Waals surface area (Å²) in [6.07, 6.45) is 0. The van der Waals surface area contributed by atoms with Gasteiger partial charge in [0.15, 0.2) is 0 Å². The van der Waals surface area contributed by atoms with E-state index in [2.05, 4.69) is 0 Å². The number of hydrogen-bond donors (Lipinski definition) is 1. The summed E-state index contributed by atoms with van der Waals surface area (Å²) < 4.78 is 26.8. The Hall–Kier alpha value is -1.97. The Balaban J connectivity index is 2.77. The quantitative estimate of drug-likeness (QED) is 0.596. The first kappa shape index (κ1) is 11.5. The summed E-state index contributed by atoms with van der Waals surface area (Å²) in [5, 5.41) is 8.64. The highest BCUT2D eigenvalue weighted by molar-refractivity contribution is 6.08. The number of halogens is 2. The third kappa shape index (κ3) is 1.98. The normalized spacial score (nSPS) is 10.6. The van der Waals surface area contributed by atoms with Gasteiger partial charge in [-0.1, -0.05) is 18.2 Å². The van der Waals surface area contributed by atoms with Crippen molar-refractivity contribution < 1.29 is 8.78 Å². The van der Waals surface area contributed by atoms with E-state index in [4.69, 9.17) is 5.41 Å². The first-order valence-corrected chi connectivity index (χ1v) is 5.14. The molecular weight excluding hydrogens is 222 g/mol. The zero-order valence-electron chi connectivity index (χ0n) is 9.59. The molecule has 0 aliphatic rings. The minimum Gasteiger partial charge on any atom is -0.363 e. The molecular formula is C13H12F2N2. The van der Waals surface area contributed by atoms with Crippen LogP contribution in [0, 0.1) is 17.0 Å². The number of benzene rings is 2. The van der Waals surface area contributed by atoms with Crippen molar-refractivity contribution in [2.24, 2.45) is 0 Å². The second-order valence-electron chi connectivity index (χ2n) is 4.03. The molecule has 0 spiro atoms. The number of hydrogen-bond acceptors (Lipinski definition) is 1. The van der Waals surface area contributed by atoms with E-state index in [0.29, 0.717) is 16.3 Å². The molecule has 0 aromatic heterocycles. The molecule has 0 aliphatic heterocycles. The van der Waals surface area contributed by atoms with Gasteiger partial charge < -0.3 is 4.90 Å². The van der Waals surface area contributed by atoms with Crippen molar-refractivity contribution in [3.8, 4) is 0 Å². The van der Waals surface area contributed by atoms with E-state index in [1.165, 1.54) is 6.07 Å². The average molecular weight is 234 g/mol. The summed E-state index contributed by atoms with van der Waals surface area (Å²) in [4.78, 5) is 1.59. The molecule has 4 heteroatoms. The van der Waals surface area contributed by atoms with Gasteiger partial charge in [0.25, 0.3) is 0 Å². The third-order valence-electron chi connectivity index (χ3n) is 2.61. The van der Waals surface area contributed by atoms with E-state index in [9.17, 15) is 8.78 Å². The standard InChI is InChI=1S/C13H12F2N2/c1-17(2)13(16)10-5-3-4-9-11(10)6-8(14)7-12(9)15/h3-7,16H,1-2H3. The van der Waals surface area contributed by atoms with Crippen LogP contribution in [0.3, 0.4) is 0 Å². The summed E-state index contributed by atoms with van der Waals surface area (Å²) in [7, 11) is 3.44. The molecule has 2 aromatic rings. The Labute approximate surface area is 98.0 Å². The molecule has 2 rings (SSSR count). The van der Waals surface area contributed by atoms with Gasteiger partial charge in [0.1, 0.15) is 17.5 Å². The molecule has 17 heavy (non-hydrogen) atoms. The second-order valence-corrected chi connectivity index (χ2v) is 4.03. The van der Waals surface area contributed by atoms with E-state index >= 15 is 0 Å². The lowest BCUT2D eigenvalue weighted by atomic mass is 10.0. The monoisotopic (exact) mass is 234 g/mol. The highest BCUT2D eigenvalue weighted by atomic mass is 19.1. The smallest absolute Gasteiger partial charge is 0.133 e. The SMILES string of the molecule is CN(C)C(=N)c1cccc2c(F)cc(F)cc12. The van der Waals surface area contributed by atoms with Gasteiger partial charge in [-0.05, 0) is 11.5 Å². The summed E-state index contributed by atoms with van der Waals surface area (Å²) in [6, 6.07) is 7.04. The van der Waals surface area contributed by atoms with E-state index in [1.54, 1.807) is 37.2 Å². The number of nitrogens with zero attached hydrogens (tertiary/aromatic N) is 1. The van der Waals surface area contributed by atoms with Crippen molar-refractivity contribution in [2.75, 3.05) is 14.1 Å². The topological polar surface area (TPSA) is 27.1 Å². The minimum absolute atomic E-state index is 0.223. The van der Waals surface area contributed by atoms with Gasteiger partial charge in [-0.3, -0.25) is 5.41 Å². The summed E-state index contributed by atoms with van der Waals surface area (Å²) in [5.41, 5.74) is 0.519. The lowest BCUT2D eigenvalue weighted by Crippen LogP contribution is -2.22. The van der Waals surface area contributed by atoms with Crippen LogP contribution >= 0.6 is 0 Å². The van der Waals surface area contributed by atoms with Crippen LogP contribution in [0.15, 0.2) is 30.3 Å². The lowest BCUT2D eigenvalue weighted by Gasteiger charge is -2.15. The van der Waals surface area contributed by atoms with Gasteiger partial charge >= 0.3 is 0 Å². The molecule has 0 bridgehead atoms. The number of nitrogens with one attached hydrogen (secondary N) is 1. The highest BCUT2D eigenvalue weighted by Gasteiger charge is 2.11. The summed E-state index contributed by atoms with van der Waals surface area (Å²) in [6.45, 7) is 0. The molecule has 2 aromatic carbocycles. The molecule has 0 saturated carbocycles. The highest BCUT2D eigenvalue weighted by Crippen LogP contribution is 2.23. The number of rotatable bonds is 1. The molecule has 0 unspecified atom stereocenters. The van der Waals surface area contributed by atoms with Gasteiger partial charge in [-0.15, -0.1) is 0 Å².